The number of halogens is 2. The highest BCUT2D eigenvalue weighted by atomic mass is 79.9. The predicted octanol–water partition coefficient (Wildman–Crippen LogP) is 3.17. The van der Waals surface area contributed by atoms with Crippen molar-refractivity contribution in [3.8, 4) is 0 Å². The molecule has 0 heterocycles. The van der Waals surface area contributed by atoms with E-state index in [-0.39, 0.29) is 4.90 Å². The number of hydrogen-bond acceptors (Lipinski definition) is 3. The molecule has 0 atom stereocenters. The Morgan fingerprint density at radius 2 is 2.11 bits per heavy atom. The van der Waals surface area contributed by atoms with Crippen molar-refractivity contribution >= 4 is 49.3 Å². The van der Waals surface area contributed by atoms with Gasteiger partial charge in [-0.3, -0.25) is 0 Å². The Morgan fingerprint density at radius 3 is 2.61 bits per heavy atom. The summed E-state index contributed by atoms with van der Waals surface area (Å²) < 4.78 is 26.5. The summed E-state index contributed by atoms with van der Waals surface area (Å²) in [6.07, 6.45) is 1.95. The smallest absolute Gasteiger partial charge is 0.207 e. The van der Waals surface area contributed by atoms with Gasteiger partial charge in [0, 0.05) is 29.7 Å². The van der Waals surface area contributed by atoms with E-state index in [0.717, 1.165) is 11.3 Å². The van der Waals surface area contributed by atoms with Gasteiger partial charge in [-0.1, -0.05) is 6.07 Å². The largest absolute Gasteiger partial charge is 0.243 e. The number of thioether (sulfide) groups is 1. The fourth-order valence-corrected chi connectivity index (χ4v) is 4.34. The van der Waals surface area contributed by atoms with Gasteiger partial charge in [0.1, 0.15) is 0 Å². The number of hydrogen-bond donors (Lipinski definition) is 0. The molecule has 0 spiro atoms. The van der Waals surface area contributed by atoms with Crippen LogP contribution in [0.5, 0.6) is 0 Å². The van der Waals surface area contributed by atoms with E-state index in [0.29, 0.717) is 16.9 Å². The zero-order chi connectivity index (χ0) is 13.8. The highest BCUT2D eigenvalue weighted by Gasteiger charge is 2.22. The summed E-state index contributed by atoms with van der Waals surface area (Å²) in [6, 6.07) is 5.06. The first-order valence-corrected chi connectivity index (χ1v) is 9.39. The summed E-state index contributed by atoms with van der Waals surface area (Å²) in [6.45, 7) is 0.493. The Hall–Kier alpha value is 0.250. The van der Waals surface area contributed by atoms with E-state index in [1.54, 1.807) is 37.0 Å². The molecule has 0 N–H and O–H groups in total. The molecule has 0 unspecified atom stereocenters. The van der Waals surface area contributed by atoms with Crippen LogP contribution in [0.3, 0.4) is 0 Å². The van der Waals surface area contributed by atoms with Crippen molar-refractivity contribution in [2.24, 2.45) is 0 Å². The highest BCUT2D eigenvalue weighted by Crippen LogP contribution is 2.26. The lowest BCUT2D eigenvalue weighted by Crippen LogP contribution is -2.29. The summed E-state index contributed by atoms with van der Waals surface area (Å²) in [5.74, 6) is 1.13. The van der Waals surface area contributed by atoms with Crippen molar-refractivity contribution in [1.29, 1.82) is 0 Å². The van der Waals surface area contributed by atoms with Crippen molar-refractivity contribution in [2.45, 2.75) is 10.8 Å². The summed E-state index contributed by atoms with van der Waals surface area (Å²) in [5, 5.41) is 0. The quantitative estimate of drug-likeness (QED) is 0.720. The second-order valence-electron chi connectivity index (χ2n) is 3.72. The normalized spacial score (nSPS) is 12.1. The third-order valence-corrected chi connectivity index (χ3v) is 6.18. The minimum Gasteiger partial charge on any atom is -0.207 e. The van der Waals surface area contributed by atoms with E-state index >= 15 is 0 Å². The maximum Gasteiger partial charge on any atom is 0.243 e. The zero-order valence-corrected chi connectivity index (χ0v) is 14.2. The van der Waals surface area contributed by atoms with E-state index in [1.165, 1.54) is 4.31 Å². The van der Waals surface area contributed by atoms with Gasteiger partial charge in [-0.15, -0.1) is 11.6 Å². The van der Waals surface area contributed by atoms with E-state index in [2.05, 4.69) is 15.9 Å². The zero-order valence-electron chi connectivity index (χ0n) is 10.2. The lowest BCUT2D eigenvalue weighted by molar-refractivity contribution is 0.488. The fourth-order valence-electron chi connectivity index (χ4n) is 1.34. The average Bonchev–Trinajstić information content (AvgIpc) is 2.35. The molecule has 1 aromatic rings. The Bertz CT molecular complexity index is 508. The highest BCUT2D eigenvalue weighted by molar-refractivity contribution is 9.10. The van der Waals surface area contributed by atoms with Gasteiger partial charge in [0.25, 0.3) is 0 Å². The van der Waals surface area contributed by atoms with Crippen LogP contribution < -0.4 is 0 Å². The van der Waals surface area contributed by atoms with E-state index in [1.807, 2.05) is 6.26 Å². The van der Waals surface area contributed by atoms with E-state index in [4.69, 9.17) is 11.6 Å². The monoisotopic (exact) mass is 371 g/mol. The molecule has 0 amide bonds. The SMILES string of the molecule is CSCCN(C)S(=O)(=O)c1ccc(CCl)cc1Br. The molecule has 1 rings (SSSR count). The second-order valence-corrected chi connectivity index (χ2v) is 7.84. The number of alkyl halides is 1. The lowest BCUT2D eigenvalue weighted by atomic mass is 10.2. The molecular weight excluding hydrogens is 358 g/mol. The molecule has 18 heavy (non-hydrogen) atoms. The Kier molecular flexibility index (Phi) is 6.47. The van der Waals surface area contributed by atoms with Crippen molar-refractivity contribution in [1.82, 2.24) is 4.31 Å². The van der Waals surface area contributed by atoms with E-state index < -0.39 is 10.0 Å². The number of sulfonamides is 1. The van der Waals surface area contributed by atoms with Crippen molar-refractivity contribution in [3.05, 3.63) is 28.2 Å². The van der Waals surface area contributed by atoms with Crippen LogP contribution in [-0.2, 0) is 15.9 Å². The number of nitrogens with zero attached hydrogens (tertiary/aromatic N) is 1. The summed E-state index contributed by atoms with van der Waals surface area (Å²) >= 11 is 10.6. The summed E-state index contributed by atoms with van der Waals surface area (Å²) in [7, 11) is -1.85. The maximum absolute atomic E-state index is 12.3. The van der Waals surface area contributed by atoms with Crippen LogP contribution in [0.4, 0.5) is 0 Å². The molecule has 0 aliphatic rings. The van der Waals surface area contributed by atoms with Crippen LogP contribution in [0.25, 0.3) is 0 Å². The van der Waals surface area contributed by atoms with Gasteiger partial charge in [-0.25, -0.2) is 12.7 Å². The first-order valence-electron chi connectivity index (χ1n) is 5.23. The maximum atomic E-state index is 12.3. The van der Waals surface area contributed by atoms with Crippen LogP contribution in [0, 0.1) is 0 Å². The minimum absolute atomic E-state index is 0.278. The van der Waals surface area contributed by atoms with Crippen LogP contribution in [0.2, 0.25) is 0 Å². The Labute approximate surface area is 126 Å². The first-order chi connectivity index (χ1) is 8.43. The van der Waals surface area contributed by atoms with Crippen LogP contribution >= 0.6 is 39.3 Å². The molecular formula is C11H15BrClNO2S2. The van der Waals surface area contributed by atoms with Crippen LogP contribution in [0.15, 0.2) is 27.6 Å². The van der Waals surface area contributed by atoms with Crippen LogP contribution in [-0.4, -0.2) is 38.3 Å². The molecule has 0 aliphatic heterocycles. The molecule has 0 saturated carbocycles. The molecule has 1 aromatic carbocycles. The van der Waals surface area contributed by atoms with Gasteiger partial charge in [0.15, 0.2) is 0 Å². The average molecular weight is 373 g/mol. The molecule has 0 radical (unpaired) electrons. The number of rotatable bonds is 6. The molecule has 3 nitrogen and oxygen atoms in total. The minimum atomic E-state index is -3.44. The van der Waals surface area contributed by atoms with Crippen molar-refractivity contribution < 1.29 is 8.42 Å². The number of benzene rings is 1. The summed E-state index contributed by atoms with van der Waals surface area (Å²) in [4.78, 5) is 0.278. The predicted molar refractivity (Wildman–Crippen MR) is 81.9 cm³/mol. The molecule has 0 bridgehead atoms. The molecule has 102 valence electrons. The van der Waals surface area contributed by atoms with Crippen molar-refractivity contribution in [3.63, 3.8) is 0 Å². The molecule has 7 heteroatoms. The van der Waals surface area contributed by atoms with Crippen molar-refractivity contribution in [2.75, 3.05) is 25.6 Å². The molecule has 0 aromatic heterocycles. The third-order valence-electron chi connectivity index (χ3n) is 2.45. The first kappa shape index (κ1) is 16.3. The molecule has 0 fully saturated rings. The van der Waals surface area contributed by atoms with Gasteiger partial charge in [0.2, 0.25) is 10.0 Å². The van der Waals surface area contributed by atoms with Crippen LogP contribution in [0.1, 0.15) is 5.56 Å². The Balaban J connectivity index is 3.05. The second kappa shape index (κ2) is 7.14. The van der Waals surface area contributed by atoms with Gasteiger partial charge >= 0.3 is 0 Å². The Morgan fingerprint density at radius 1 is 1.44 bits per heavy atom. The summed E-state index contributed by atoms with van der Waals surface area (Å²) in [5.41, 5.74) is 0.884. The van der Waals surface area contributed by atoms with Gasteiger partial charge < -0.3 is 0 Å². The standard InChI is InChI=1S/C11H15BrClNO2S2/c1-14(5-6-17-2)18(15,16)11-4-3-9(8-13)7-10(11)12/h3-4,7H,5-6,8H2,1-2H3. The topological polar surface area (TPSA) is 37.4 Å². The molecule has 0 aliphatic carbocycles. The van der Waals surface area contributed by atoms with Gasteiger partial charge in [-0.05, 0) is 39.9 Å². The third kappa shape index (κ3) is 3.87. The lowest BCUT2D eigenvalue weighted by Gasteiger charge is -2.17. The van der Waals surface area contributed by atoms with Gasteiger partial charge in [-0.2, -0.15) is 11.8 Å². The fraction of sp³-hybridized carbons (Fsp3) is 0.455. The van der Waals surface area contributed by atoms with E-state index in [9.17, 15) is 8.42 Å². The molecule has 0 saturated heterocycles. The van der Waals surface area contributed by atoms with Gasteiger partial charge in [0.05, 0.1) is 4.90 Å².